The first kappa shape index (κ1) is 9.48. The Bertz CT molecular complexity index is 166. The van der Waals surface area contributed by atoms with Gasteiger partial charge in [-0.1, -0.05) is 6.92 Å². The lowest BCUT2D eigenvalue weighted by atomic mass is 10.0. The summed E-state index contributed by atoms with van der Waals surface area (Å²) in [7, 11) is 1.43. The second-order valence-corrected chi connectivity index (χ2v) is 3.39. The van der Waals surface area contributed by atoms with Crippen molar-refractivity contribution in [2.45, 2.75) is 13.0 Å². The van der Waals surface area contributed by atoms with Gasteiger partial charge in [0, 0.05) is 26.7 Å². The molecule has 70 valence electrons. The number of hydrogen-bond acceptors (Lipinski definition) is 3. The van der Waals surface area contributed by atoms with Crippen LogP contribution in [0.25, 0.3) is 0 Å². The van der Waals surface area contributed by atoms with Crippen LogP contribution in [-0.2, 0) is 9.53 Å². The van der Waals surface area contributed by atoms with Crippen molar-refractivity contribution in [3.8, 4) is 0 Å². The summed E-state index contributed by atoms with van der Waals surface area (Å²) in [4.78, 5) is 12.6. The van der Waals surface area contributed by atoms with Crippen LogP contribution in [-0.4, -0.2) is 48.8 Å². The minimum absolute atomic E-state index is 0.510. The lowest BCUT2D eigenvalue weighted by Crippen LogP contribution is -2.50. The highest BCUT2D eigenvalue weighted by Gasteiger charge is 2.27. The van der Waals surface area contributed by atoms with E-state index in [2.05, 4.69) is 11.8 Å². The SMILES string of the molecule is COC(CN1CC(C)C1)C(=O)O. The maximum Gasteiger partial charge on any atom is 0.334 e. The quantitative estimate of drug-likeness (QED) is 0.652. The minimum atomic E-state index is -0.878. The fourth-order valence-corrected chi connectivity index (χ4v) is 1.47. The number of methoxy groups -OCH3 is 1. The number of hydrogen-bond donors (Lipinski definition) is 1. The van der Waals surface area contributed by atoms with Crippen LogP contribution >= 0.6 is 0 Å². The van der Waals surface area contributed by atoms with Gasteiger partial charge in [-0.05, 0) is 5.92 Å². The first-order chi connectivity index (χ1) is 5.63. The number of carbonyl (C=O) groups is 1. The Kier molecular flexibility index (Phi) is 3.05. The normalized spacial score (nSPS) is 21.8. The van der Waals surface area contributed by atoms with Crippen molar-refractivity contribution in [1.82, 2.24) is 4.90 Å². The van der Waals surface area contributed by atoms with Gasteiger partial charge < -0.3 is 9.84 Å². The van der Waals surface area contributed by atoms with E-state index in [4.69, 9.17) is 9.84 Å². The molecule has 0 aromatic carbocycles. The van der Waals surface area contributed by atoms with Crippen LogP contribution in [0.5, 0.6) is 0 Å². The van der Waals surface area contributed by atoms with Gasteiger partial charge >= 0.3 is 5.97 Å². The van der Waals surface area contributed by atoms with Crippen LogP contribution in [0.1, 0.15) is 6.92 Å². The fourth-order valence-electron chi connectivity index (χ4n) is 1.47. The molecule has 1 unspecified atom stereocenters. The Morgan fingerprint density at radius 2 is 2.33 bits per heavy atom. The Morgan fingerprint density at radius 1 is 1.75 bits per heavy atom. The highest BCUT2D eigenvalue weighted by molar-refractivity contribution is 5.72. The Morgan fingerprint density at radius 3 is 2.67 bits per heavy atom. The molecule has 4 heteroatoms. The van der Waals surface area contributed by atoms with Crippen LogP contribution in [0.2, 0.25) is 0 Å². The number of carboxylic acid groups (broad SMARTS) is 1. The zero-order valence-electron chi connectivity index (χ0n) is 7.49. The molecule has 1 heterocycles. The molecule has 12 heavy (non-hydrogen) atoms. The van der Waals surface area contributed by atoms with Crippen LogP contribution in [0.3, 0.4) is 0 Å². The molecule has 0 spiro atoms. The molecule has 1 saturated heterocycles. The molecule has 1 aliphatic rings. The molecule has 0 aromatic heterocycles. The summed E-state index contributed by atoms with van der Waals surface area (Å²) in [5, 5.41) is 8.66. The molecule has 0 aromatic rings. The molecule has 0 aliphatic carbocycles. The van der Waals surface area contributed by atoms with Crippen LogP contribution in [0.4, 0.5) is 0 Å². The summed E-state index contributed by atoms with van der Waals surface area (Å²) in [6.45, 7) is 4.65. The van der Waals surface area contributed by atoms with Gasteiger partial charge in [-0.2, -0.15) is 0 Å². The number of ether oxygens (including phenoxy) is 1. The molecule has 0 amide bonds. The Balaban J connectivity index is 2.24. The molecule has 1 aliphatic heterocycles. The number of carboxylic acids is 1. The van der Waals surface area contributed by atoms with Crippen molar-refractivity contribution in [2.24, 2.45) is 5.92 Å². The molecule has 0 radical (unpaired) electrons. The van der Waals surface area contributed by atoms with Crippen molar-refractivity contribution < 1.29 is 14.6 Å². The molecule has 1 N–H and O–H groups in total. The van der Waals surface area contributed by atoms with Crippen molar-refractivity contribution >= 4 is 5.97 Å². The van der Waals surface area contributed by atoms with E-state index in [0.717, 1.165) is 13.1 Å². The Hall–Kier alpha value is -0.610. The van der Waals surface area contributed by atoms with Crippen LogP contribution in [0.15, 0.2) is 0 Å². The van der Waals surface area contributed by atoms with Crippen LogP contribution in [0, 0.1) is 5.92 Å². The van der Waals surface area contributed by atoms with Gasteiger partial charge in [-0.15, -0.1) is 0 Å². The smallest absolute Gasteiger partial charge is 0.334 e. The highest BCUT2D eigenvalue weighted by Crippen LogP contribution is 2.14. The first-order valence-corrected chi connectivity index (χ1v) is 4.11. The molecular formula is C8H15NO3. The minimum Gasteiger partial charge on any atom is -0.479 e. The van der Waals surface area contributed by atoms with Crippen molar-refractivity contribution in [1.29, 1.82) is 0 Å². The summed E-state index contributed by atoms with van der Waals surface area (Å²) in [5.41, 5.74) is 0. The maximum absolute atomic E-state index is 10.5. The monoisotopic (exact) mass is 173 g/mol. The highest BCUT2D eigenvalue weighted by atomic mass is 16.5. The van der Waals surface area contributed by atoms with Gasteiger partial charge in [0.1, 0.15) is 0 Å². The van der Waals surface area contributed by atoms with E-state index in [1.165, 1.54) is 7.11 Å². The second kappa shape index (κ2) is 3.87. The predicted molar refractivity (Wildman–Crippen MR) is 44.0 cm³/mol. The molecular weight excluding hydrogens is 158 g/mol. The molecule has 0 bridgehead atoms. The molecule has 1 atom stereocenters. The maximum atomic E-state index is 10.5. The Labute approximate surface area is 72.1 Å². The average molecular weight is 173 g/mol. The molecule has 0 saturated carbocycles. The van der Waals surface area contributed by atoms with Crippen molar-refractivity contribution in [2.75, 3.05) is 26.7 Å². The fraction of sp³-hybridized carbons (Fsp3) is 0.875. The number of nitrogens with zero attached hydrogens (tertiary/aromatic N) is 1. The molecule has 1 fully saturated rings. The third kappa shape index (κ3) is 2.19. The van der Waals surface area contributed by atoms with Gasteiger partial charge in [0.05, 0.1) is 0 Å². The summed E-state index contributed by atoms with van der Waals surface area (Å²) in [6.07, 6.45) is -0.669. The van der Waals surface area contributed by atoms with Gasteiger partial charge in [0.15, 0.2) is 6.10 Å². The van der Waals surface area contributed by atoms with Gasteiger partial charge in [-0.3, -0.25) is 4.90 Å². The van der Waals surface area contributed by atoms with Gasteiger partial charge in [0.25, 0.3) is 0 Å². The second-order valence-electron chi connectivity index (χ2n) is 3.39. The molecule has 4 nitrogen and oxygen atoms in total. The van der Waals surface area contributed by atoms with Gasteiger partial charge in [0.2, 0.25) is 0 Å². The van der Waals surface area contributed by atoms with E-state index in [0.29, 0.717) is 12.5 Å². The van der Waals surface area contributed by atoms with Crippen molar-refractivity contribution in [3.05, 3.63) is 0 Å². The van der Waals surface area contributed by atoms with Gasteiger partial charge in [-0.25, -0.2) is 4.79 Å². The van der Waals surface area contributed by atoms with Crippen LogP contribution < -0.4 is 0 Å². The zero-order chi connectivity index (χ0) is 9.14. The standard InChI is InChI=1S/C8H15NO3/c1-6-3-9(4-6)5-7(12-2)8(10)11/h6-7H,3-5H2,1-2H3,(H,10,11). The average Bonchev–Trinajstić information content (AvgIpc) is 1.95. The van der Waals surface area contributed by atoms with E-state index < -0.39 is 12.1 Å². The largest absolute Gasteiger partial charge is 0.479 e. The number of rotatable bonds is 4. The van der Waals surface area contributed by atoms with E-state index in [1.54, 1.807) is 0 Å². The first-order valence-electron chi connectivity index (χ1n) is 4.11. The van der Waals surface area contributed by atoms with E-state index in [1.807, 2.05) is 0 Å². The topological polar surface area (TPSA) is 49.8 Å². The summed E-state index contributed by atoms with van der Waals surface area (Å²) < 4.78 is 4.81. The van der Waals surface area contributed by atoms with Crippen molar-refractivity contribution in [3.63, 3.8) is 0 Å². The van der Waals surface area contributed by atoms with E-state index in [-0.39, 0.29) is 0 Å². The third-order valence-electron chi connectivity index (χ3n) is 2.12. The van der Waals surface area contributed by atoms with E-state index in [9.17, 15) is 4.79 Å². The predicted octanol–water partition coefficient (Wildman–Crippen LogP) is 0.0377. The number of aliphatic carboxylic acids is 1. The molecule has 1 rings (SSSR count). The lowest BCUT2D eigenvalue weighted by Gasteiger charge is -2.38. The summed E-state index contributed by atoms with van der Waals surface area (Å²) >= 11 is 0. The summed E-state index contributed by atoms with van der Waals surface area (Å²) in [5.74, 6) is -0.173. The lowest BCUT2D eigenvalue weighted by molar-refractivity contribution is -0.150. The summed E-state index contributed by atoms with van der Waals surface area (Å²) in [6, 6.07) is 0. The third-order valence-corrected chi connectivity index (χ3v) is 2.12. The van der Waals surface area contributed by atoms with E-state index >= 15 is 0 Å². The number of likely N-dealkylation sites (tertiary alicyclic amines) is 1. The zero-order valence-corrected chi connectivity index (χ0v) is 7.49.